The van der Waals surface area contributed by atoms with Gasteiger partial charge in [0.1, 0.15) is 0 Å². The van der Waals surface area contributed by atoms with Crippen LogP contribution in [-0.2, 0) is 5.41 Å². The molecule has 0 N–H and O–H groups in total. The van der Waals surface area contributed by atoms with E-state index in [-0.39, 0.29) is 5.41 Å². The van der Waals surface area contributed by atoms with E-state index in [4.69, 9.17) is 0 Å². The van der Waals surface area contributed by atoms with E-state index in [2.05, 4.69) is 232 Å². The number of nitrogens with zero attached hydrogens (tertiary/aromatic N) is 2. The topological polar surface area (TPSA) is 6.48 Å². The summed E-state index contributed by atoms with van der Waals surface area (Å²) in [6.07, 6.45) is 1.98. The van der Waals surface area contributed by atoms with Crippen LogP contribution in [0.3, 0.4) is 0 Å². The van der Waals surface area contributed by atoms with Crippen LogP contribution in [0.25, 0.3) is 75.8 Å². The normalized spacial score (nSPS) is 13.2. The molecule has 2 nitrogen and oxygen atoms in total. The van der Waals surface area contributed by atoms with Crippen molar-refractivity contribution in [1.29, 1.82) is 0 Å². The van der Waals surface area contributed by atoms with E-state index in [9.17, 15) is 0 Å². The Hall–Kier alpha value is -7.68. The van der Waals surface area contributed by atoms with Crippen molar-refractivity contribution >= 4 is 98.8 Å². The Kier molecular flexibility index (Phi) is 8.24. The fraction of sp³-hybridized carbons (Fsp3) is 0.111. The Morgan fingerprint density at radius 2 is 0.677 bits per heavy atom. The van der Waals surface area contributed by atoms with Crippen LogP contribution >= 0.6 is 0 Å². The molecule has 0 radical (unpaired) electrons. The molecule has 13 rings (SSSR count). The summed E-state index contributed by atoms with van der Waals surface area (Å²) in [7, 11) is 0. The van der Waals surface area contributed by atoms with Gasteiger partial charge in [-0.2, -0.15) is 0 Å². The van der Waals surface area contributed by atoms with Crippen LogP contribution in [0.15, 0.2) is 194 Å². The molecule has 0 aromatic heterocycles. The summed E-state index contributed by atoms with van der Waals surface area (Å²) in [4.78, 5) is 5.01. The summed E-state index contributed by atoms with van der Waals surface area (Å²) in [5, 5.41) is 15.5. The molecule has 0 saturated heterocycles. The van der Waals surface area contributed by atoms with Crippen molar-refractivity contribution in [2.75, 3.05) is 9.80 Å². The number of benzene rings is 12. The molecule has 0 atom stereocenters. The Bertz CT molecular complexity index is 3540. The molecule has 12 aromatic carbocycles. The van der Waals surface area contributed by atoms with Gasteiger partial charge in [0.15, 0.2) is 0 Å². The highest BCUT2D eigenvalue weighted by Crippen LogP contribution is 2.56. The maximum atomic E-state index is 2.53. The second-order valence-corrected chi connectivity index (χ2v) is 18.5. The van der Waals surface area contributed by atoms with Gasteiger partial charge in [-0.1, -0.05) is 158 Å². The monoisotopic (exact) mass is 832 g/mol. The van der Waals surface area contributed by atoms with Crippen molar-refractivity contribution in [1.82, 2.24) is 0 Å². The molecule has 0 saturated carbocycles. The Balaban J connectivity index is 0.997. The van der Waals surface area contributed by atoms with Crippen LogP contribution < -0.4 is 9.80 Å². The van der Waals surface area contributed by atoms with Crippen LogP contribution in [0.5, 0.6) is 0 Å². The molecular formula is C63H48N2. The van der Waals surface area contributed by atoms with E-state index in [0.29, 0.717) is 0 Å². The summed E-state index contributed by atoms with van der Waals surface area (Å²) >= 11 is 0. The maximum absolute atomic E-state index is 2.53. The van der Waals surface area contributed by atoms with E-state index in [0.717, 1.165) is 24.2 Å². The summed E-state index contributed by atoms with van der Waals surface area (Å²) in [5.74, 6) is 0. The molecule has 0 fully saturated rings. The molecule has 12 aromatic rings. The van der Waals surface area contributed by atoms with Crippen LogP contribution in [0.2, 0.25) is 0 Å². The number of anilines is 6. The van der Waals surface area contributed by atoms with E-state index >= 15 is 0 Å². The second-order valence-electron chi connectivity index (χ2n) is 18.5. The van der Waals surface area contributed by atoms with E-state index in [1.807, 2.05) is 0 Å². The third-order valence-corrected chi connectivity index (χ3v) is 15.1. The summed E-state index contributed by atoms with van der Waals surface area (Å²) in [5.41, 5.74) is 14.9. The van der Waals surface area contributed by atoms with Crippen LogP contribution in [0, 0.1) is 13.8 Å². The number of hydrogen-bond acceptors (Lipinski definition) is 2. The maximum Gasteiger partial charge on any atom is 0.0540 e. The standard InChI is InChI=1S/C63H48N2/c1-5-63(6-2)55-37-49(64(47-25-13-39(3)14-26-47)57-35-23-45-19-17-41-9-7-11-43-21-31-53(57)61(45)59(41)43)29-33-51(55)52-34-30-50(38-56(52)63)65(48-27-15-40(4)16-28-48)58-36-24-46-20-18-42-10-8-12-44-22-32-54(58)62(46)60(42)44/h7-38H,5-6H2,1-4H3. The quantitative estimate of drug-likeness (QED) is 0.141. The molecule has 0 aliphatic heterocycles. The zero-order chi connectivity index (χ0) is 43.6. The van der Waals surface area contributed by atoms with E-state index in [1.165, 1.54) is 121 Å². The molecule has 0 bridgehead atoms. The number of aryl methyl sites for hydroxylation is 2. The Morgan fingerprint density at radius 1 is 0.338 bits per heavy atom. The number of rotatable bonds is 8. The minimum atomic E-state index is -0.181. The van der Waals surface area contributed by atoms with Crippen molar-refractivity contribution in [2.24, 2.45) is 0 Å². The van der Waals surface area contributed by atoms with Gasteiger partial charge in [0.25, 0.3) is 0 Å². The lowest BCUT2D eigenvalue weighted by Crippen LogP contribution is -2.24. The van der Waals surface area contributed by atoms with Crippen molar-refractivity contribution in [3.63, 3.8) is 0 Å². The molecule has 0 heterocycles. The van der Waals surface area contributed by atoms with Gasteiger partial charge in [0.05, 0.1) is 11.4 Å². The lowest BCUT2D eigenvalue weighted by atomic mass is 9.73. The van der Waals surface area contributed by atoms with Gasteiger partial charge in [0, 0.05) is 38.9 Å². The first-order valence-corrected chi connectivity index (χ1v) is 23.3. The second kappa shape index (κ2) is 14.2. The Morgan fingerprint density at radius 3 is 1.06 bits per heavy atom. The van der Waals surface area contributed by atoms with Gasteiger partial charge >= 0.3 is 0 Å². The highest BCUT2D eigenvalue weighted by Gasteiger charge is 2.41. The van der Waals surface area contributed by atoms with Gasteiger partial charge in [-0.05, 0) is 163 Å². The first-order valence-electron chi connectivity index (χ1n) is 23.3. The van der Waals surface area contributed by atoms with Crippen molar-refractivity contribution in [3.8, 4) is 11.1 Å². The van der Waals surface area contributed by atoms with E-state index in [1.54, 1.807) is 0 Å². The summed E-state index contributed by atoms with van der Waals surface area (Å²) in [6.45, 7) is 9.12. The first-order chi connectivity index (χ1) is 31.9. The molecule has 65 heavy (non-hydrogen) atoms. The molecule has 2 heteroatoms. The van der Waals surface area contributed by atoms with Crippen molar-refractivity contribution in [3.05, 3.63) is 216 Å². The molecule has 0 unspecified atom stereocenters. The predicted molar refractivity (Wildman–Crippen MR) is 279 cm³/mol. The number of hydrogen-bond donors (Lipinski definition) is 0. The van der Waals surface area contributed by atoms with Crippen molar-refractivity contribution in [2.45, 2.75) is 46.0 Å². The minimum absolute atomic E-state index is 0.181. The fourth-order valence-electron chi connectivity index (χ4n) is 11.8. The summed E-state index contributed by atoms with van der Waals surface area (Å²) in [6, 6.07) is 73.7. The largest absolute Gasteiger partial charge is 0.310 e. The van der Waals surface area contributed by atoms with Gasteiger partial charge in [-0.25, -0.2) is 0 Å². The van der Waals surface area contributed by atoms with Crippen molar-refractivity contribution < 1.29 is 0 Å². The molecule has 1 aliphatic rings. The highest BCUT2D eigenvalue weighted by atomic mass is 15.1. The van der Waals surface area contributed by atoms with Gasteiger partial charge in [-0.3, -0.25) is 0 Å². The predicted octanol–water partition coefficient (Wildman–Crippen LogP) is 18.1. The fourth-order valence-corrected chi connectivity index (χ4v) is 11.8. The molecule has 0 amide bonds. The SMILES string of the molecule is CCC1(CC)c2cc(N(c3ccc(C)cc3)c3ccc4ccc5cccc6ccc3c4c56)ccc2-c2ccc(N(c3ccc(C)cc3)c3ccc4ccc5cccc6ccc3c4c56)cc21. The summed E-state index contributed by atoms with van der Waals surface area (Å²) < 4.78 is 0. The van der Waals surface area contributed by atoms with Crippen LogP contribution in [0.1, 0.15) is 48.9 Å². The molecular weight excluding hydrogens is 785 g/mol. The van der Waals surface area contributed by atoms with Gasteiger partial charge in [-0.15, -0.1) is 0 Å². The van der Waals surface area contributed by atoms with Crippen LogP contribution in [0.4, 0.5) is 34.1 Å². The zero-order valence-electron chi connectivity index (χ0n) is 37.3. The average molecular weight is 833 g/mol. The first kappa shape index (κ1) is 37.8. The highest BCUT2D eigenvalue weighted by molar-refractivity contribution is 6.27. The van der Waals surface area contributed by atoms with Crippen LogP contribution in [-0.4, -0.2) is 0 Å². The third-order valence-electron chi connectivity index (χ3n) is 15.1. The molecule has 310 valence electrons. The molecule has 0 spiro atoms. The Labute approximate surface area is 380 Å². The van der Waals surface area contributed by atoms with Gasteiger partial charge in [0.2, 0.25) is 0 Å². The number of fused-ring (bicyclic) bond motifs is 3. The minimum Gasteiger partial charge on any atom is -0.310 e. The average Bonchev–Trinajstić information content (AvgIpc) is 3.63. The van der Waals surface area contributed by atoms with Gasteiger partial charge < -0.3 is 9.80 Å². The third kappa shape index (κ3) is 5.47. The lowest BCUT2D eigenvalue weighted by molar-refractivity contribution is 0.490. The van der Waals surface area contributed by atoms with E-state index < -0.39 is 0 Å². The smallest absolute Gasteiger partial charge is 0.0540 e. The lowest BCUT2D eigenvalue weighted by Gasteiger charge is -2.33. The molecule has 1 aliphatic carbocycles. The zero-order valence-corrected chi connectivity index (χ0v) is 37.3.